The van der Waals surface area contributed by atoms with Crippen LogP contribution in [0.25, 0.3) is 0 Å². The van der Waals surface area contributed by atoms with Gasteiger partial charge in [0.15, 0.2) is 11.4 Å². The molecule has 1 saturated heterocycles. The lowest BCUT2D eigenvalue weighted by atomic mass is 9.57. The molecule has 3 aliphatic carbocycles. The van der Waals surface area contributed by atoms with E-state index in [1.807, 2.05) is 0 Å². The molecule has 11 nitrogen and oxygen atoms in total. The maximum absolute atomic E-state index is 13.8. The Kier molecular flexibility index (Phi) is 5.61. The summed E-state index contributed by atoms with van der Waals surface area (Å²) in [7, 11) is 2.26. The van der Waals surface area contributed by atoms with Crippen molar-refractivity contribution in [3.8, 4) is 5.75 Å². The zero-order chi connectivity index (χ0) is 28.1. The molecule has 1 fully saturated rings. The molecular formula is C26H29BN2O9. The van der Waals surface area contributed by atoms with Crippen LogP contribution in [0.15, 0.2) is 47.1 Å². The standard InChI is InChI=1S/C26H29BN2O9/c1-10-25(2,3)38-27(37-10)14-6-7-15(30)17-12(14)8-11-9-13-19(29(4)5)21(32)18(24(28)35)23(34)26(13,36)22(33)16(11)20(17)31/h6-7,11,13,19,30,32-33,36H,1,8-9H2,2-5H3,(H2,28,35)/t11-,13-,19-,26-/m0/s1. The van der Waals surface area contributed by atoms with Gasteiger partial charge in [-0.2, -0.15) is 0 Å². The lowest BCUT2D eigenvalue weighted by Crippen LogP contribution is -2.64. The number of ketones is 2. The third-order valence-corrected chi connectivity index (χ3v) is 8.22. The largest absolute Gasteiger partial charge is 0.563 e. The summed E-state index contributed by atoms with van der Waals surface area (Å²) in [4.78, 5) is 40.7. The molecule has 1 aromatic carbocycles. The fraction of sp³-hybridized carbons (Fsp3) is 0.423. The molecule has 4 atom stereocenters. The first-order valence-electron chi connectivity index (χ1n) is 12.2. The van der Waals surface area contributed by atoms with Crippen LogP contribution in [0.4, 0.5) is 0 Å². The third-order valence-electron chi connectivity index (χ3n) is 8.22. The SMILES string of the molecule is C=C1OB(c2ccc(O)c3c2C[C@H]2C[C@H]4[C@H](N(C)C)C(O)=C(C(N)=O)C(=O)[C@@]4(O)C(O)=C2C3=O)OC1(C)C. The highest BCUT2D eigenvalue weighted by Gasteiger charge is 2.63. The molecule has 12 heteroatoms. The molecule has 0 spiro atoms. The number of aliphatic hydroxyl groups is 3. The van der Waals surface area contributed by atoms with Crippen LogP contribution in [0.3, 0.4) is 0 Å². The van der Waals surface area contributed by atoms with Gasteiger partial charge in [-0.15, -0.1) is 0 Å². The number of benzene rings is 1. The number of aromatic hydroxyl groups is 1. The Morgan fingerprint density at radius 3 is 2.42 bits per heavy atom. The van der Waals surface area contributed by atoms with E-state index in [0.717, 1.165) is 0 Å². The minimum absolute atomic E-state index is 0.00849. The topological polar surface area (TPSA) is 180 Å². The number of allylic oxidation sites excluding steroid dienone is 1. The van der Waals surface area contributed by atoms with Gasteiger partial charge in [0.25, 0.3) is 5.91 Å². The summed E-state index contributed by atoms with van der Waals surface area (Å²) in [6.45, 7) is 7.46. The molecule has 4 aliphatic rings. The molecular weight excluding hydrogens is 495 g/mol. The van der Waals surface area contributed by atoms with Crippen molar-refractivity contribution < 1.29 is 44.1 Å². The molecule has 5 rings (SSSR count). The van der Waals surface area contributed by atoms with Gasteiger partial charge < -0.3 is 35.5 Å². The van der Waals surface area contributed by atoms with Crippen LogP contribution in [-0.2, 0) is 25.3 Å². The summed E-state index contributed by atoms with van der Waals surface area (Å²) < 4.78 is 11.8. The number of primary amides is 1. The minimum Gasteiger partial charge on any atom is -0.534 e. The van der Waals surface area contributed by atoms with Crippen molar-refractivity contribution in [1.29, 1.82) is 0 Å². The van der Waals surface area contributed by atoms with Gasteiger partial charge in [-0.05, 0) is 58.3 Å². The van der Waals surface area contributed by atoms with Crippen LogP contribution in [0.2, 0.25) is 0 Å². The van der Waals surface area contributed by atoms with Crippen LogP contribution in [-0.4, -0.2) is 81.3 Å². The fourth-order valence-corrected chi connectivity index (χ4v) is 6.25. The number of rotatable bonds is 3. The smallest absolute Gasteiger partial charge is 0.534 e. The number of fused-ring (bicyclic) bond motifs is 3. The van der Waals surface area contributed by atoms with Crippen molar-refractivity contribution in [3.05, 3.63) is 58.3 Å². The van der Waals surface area contributed by atoms with Crippen molar-refractivity contribution in [3.63, 3.8) is 0 Å². The first-order chi connectivity index (χ1) is 17.6. The van der Waals surface area contributed by atoms with E-state index in [1.165, 1.54) is 11.0 Å². The monoisotopic (exact) mass is 524 g/mol. The molecule has 1 heterocycles. The van der Waals surface area contributed by atoms with Crippen LogP contribution < -0.4 is 11.2 Å². The van der Waals surface area contributed by atoms with E-state index in [2.05, 4.69) is 6.58 Å². The summed E-state index contributed by atoms with van der Waals surface area (Å²) in [5.41, 5.74) is 1.64. The Labute approximate surface area is 219 Å². The summed E-state index contributed by atoms with van der Waals surface area (Å²) >= 11 is 0. The Morgan fingerprint density at radius 1 is 1.21 bits per heavy atom. The highest BCUT2D eigenvalue weighted by molar-refractivity contribution is 6.63. The van der Waals surface area contributed by atoms with Crippen molar-refractivity contribution in [2.75, 3.05) is 14.1 Å². The van der Waals surface area contributed by atoms with Crippen molar-refractivity contribution in [1.82, 2.24) is 4.90 Å². The quantitative estimate of drug-likeness (QED) is 0.270. The van der Waals surface area contributed by atoms with Gasteiger partial charge in [0, 0.05) is 17.0 Å². The zero-order valence-electron chi connectivity index (χ0n) is 21.4. The number of nitrogens with zero attached hydrogens (tertiary/aromatic N) is 1. The van der Waals surface area contributed by atoms with E-state index in [4.69, 9.17) is 15.0 Å². The second-order valence-corrected chi connectivity index (χ2v) is 11.0. The maximum Gasteiger partial charge on any atom is 0.563 e. The average Bonchev–Trinajstić information content (AvgIpc) is 3.07. The number of carbonyl (C=O) groups excluding carboxylic acids is 3. The summed E-state index contributed by atoms with van der Waals surface area (Å²) in [6, 6.07) is 1.84. The predicted molar refractivity (Wildman–Crippen MR) is 134 cm³/mol. The lowest BCUT2D eigenvalue weighted by molar-refractivity contribution is -0.148. The van der Waals surface area contributed by atoms with E-state index >= 15 is 0 Å². The molecule has 0 aromatic heterocycles. The Balaban J connectivity index is 1.68. The van der Waals surface area contributed by atoms with Gasteiger partial charge in [0.1, 0.15) is 28.4 Å². The lowest BCUT2D eigenvalue weighted by Gasteiger charge is -2.50. The number of amides is 1. The molecule has 38 heavy (non-hydrogen) atoms. The molecule has 200 valence electrons. The first kappa shape index (κ1) is 26.0. The number of phenols is 1. The number of nitrogens with two attached hydrogens (primary N) is 1. The van der Waals surface area contributed by atoms with E-state index < -0.39 is 70.8 Å². The van der Waals surface area contributed by atoms with E-state index in [-0.39, 0.29) is 29.7 Å². The summed E-state index contributed by atoms with van der Waals surface area (Å²) in [6.07, 6.45) is 0.125. The van der Waals surface area contributed by atoms with Crippen LogP contribution in [0.1, 0.15) is 36.2 Å². The van der Waals surface area contributed by atoms with Gasteiger partial charge in [0.2, 0.25) is 5.78 Å². The van der Waals surface area contributed by atoms with Crippen molar-refractivity contribution in [2.24, 2.45) is 17.6 Å². The highest BCUT2D eigenvalue weighted by Crippen LogP contribution is 2.52. The molecule has 0 bridgehead atoms. The number of hydrogen-bond donors (Lipinski definition) is 5. The van der Waals surface area contributed by atoms with Crippen LogP contribution in [0, 0.1) is 11.8 Å². The summed E-state index contributed by atoms with van der Waals surface area (Å²) in [5.74, 6) is -6.61. The molecule has 1 aliphatic heterocycles. The second-order valence-electron chi connectivity index (χ2n) is 11.0. The van der Waals surface area contributed by atoms with Gasteiger partial charge in [-0.25, -0.2) is 0 Å². The molecule has 0 saturated carbocycles. The Bertz CT molecular complexity index is 1390. The number of carbonyl (C=O) groups is 3. The van der Waals surface area contributed by atoms with E-state index in [9.17, 15) is 34.8 Å². The van der Waals surface area contributed by atoms with Crippen molar-refractivity contribution in [2.45, 2.75) is 43.9 Å². The van der Waals surface area contributed by atoms with Crippen molar-refractivity contribution >= 4 is 30.1 Å². The Morgan fingerprint density at radius 2 is 1.87 bits per heavy atom. The number of phenolic OH excluding ortho intramolecular Hbond substituents is 1. The maximum atomic E-state index is 13.8. The van der Waals surface area contributed by atoms with Gasteiger partial charge >= 0.3 is 7.12 Å². The van der Waals surface area contributed by atoms with E-state index in [0.29, 0.717) is 16.8 Å². The number of Topliss-reactive ketones (excluding diaryl/α,β-unsaturated/α-hetero) is 2. The minimum atomic E-state index is -2.68. The zero-order valence-corrected chi connectivity index (χ0v) is 21.4. The second kappa shape index (κ2) is 8.19. The molecule has 1 amide bonds. The fourth-order valence-electron chi connectivity index (χ4n) is 6.25. The third kappa shape index (κ3) is 3.30. The Hall–Kier alpha value is -3.61. The number of likely N-dealkylation sites (N-methyl/N-ethyl adjacent to an activating group) is 1. The molecule has 0 unspecified atom stereocenters. The number of hydrogen-bond acceptors (Lipinski definition) is 10. The highest BCUT2D eigenvalue weighted by atomic mass is 16.7. The van der Waals surface area contributed by atoms with Crippen LogP contribution in [0.5, 0.6) is 5.75 Å². The van der Waals surface area contributed by atoms with E-state index in [1.54, 1.807) is 34.0 Å². The normalized spacial score (nSPS) is 30.3. The number of aliphatic hydroxyl groups excluding tert-OH is 2. The molecule has 6 N–H and O–H groups in total. The first-order valence-corrected chi connectivity index (χ1v) is 12.2. The van der Waals surface area contributed by atoms with Gasteiger partial charge in [-0.1, -0.05) is 12.6 Å². The predicted octanol–water partition coefficient (Wildman–Crippen LogP) is 0.155. The summed E-state index contributed by atoms with van der Waals surface area (Å²) in [5, 5.41) is 44.6. The van der Waals surface area contributed by atoms with Crippen LogP contribution >= 0.6 is 0 Å². The average molecular weight is 524 g/mol. The molecule has 0 radical (unpaired) electrons. The molecule has 1 aromatic rings. The van der Waals surface area contributed by atoms with Gasteiger partial charge in [0.05, 0.1) is 17.4 Å². The van der Waals surface area contributed by atoms with Gasteiger partial charge in [-0.3, -0.25) is 19.3 Å².